The molecule has 136 valence electrons. The van der Waals surface area contributed by atoms with Crippen molar-refractivity contribution in [2.24, 2.45) is 0 Å². The fourth-order valence-electron chi connectivity index (χ4n) is 2.00. The number of benzene rings is 2. The van der Waals surface area contributed by atoms with E-state index in [1.54, 1.807) is 24.3 Å². The quantitative estimate of drug-likeness (QED) is 0.594. The van der Waals surface area contributed by atoms with Gasteiger partial charge in [-0.2, -0.15) is 0 Å². The highest BCUT2D eigenvalue weighted by Crippen LogP contribution is 2.27. The highest BCUT2D eigenvalue weighted by atomic mass is 127. The maximum atomic E-state index is 12.6. The van der Waals surface area contributed by atoms with E-state index in [1.165, 1.54) is 19.2 Å². The van der Waals surface area contributed by atoms with Crippen LogP contribution in [0.5, 0.6) is 11.5 Å². The number of likely N-dealkylation sites (N-methyl/N-ethyl adjacent to an activating group) is 1. The van der Waals surface area contributed by atoms with Gasteiger partial charge in [-0.15, -0.1) is 0 Å². The number of hydrogen-bond acceptors (Lipinski definition) is 5. The monoisotopic (exact) mass is 476 g/mol. The summed E-state index contributed by atoms with van der Waals surface area (Å²) in [5.41, 5.74) is 0.447. The summed E-state index contributed by atoms with van der Waals surface area (Å²) in [5, 5.41) is 0. The number of ether oxygens (including phenoxy) is 2. The molecule has 2 aromatic carbocycles. The lowest BCUT2D eigenvalue weighted by molar-refractivity contribution is 0.260. The molecular formula is C17H21IN2O4S. The lowest BCUT2D eigenvalue weighted by atomic mass is 10.3. The molecule has 0 unspecified atom stereocenters. The molecule has 0 bridgehead atoms. The van der Waals surface area contributed by atoms with Gasteiger partial charge < -0.3 is 14.4 Å². The molecule has 8 heteroatoms. The summed E-state index contributed by atoms with van der Waals surface area (Å²) in [6, 6.07) is 11.5. The van der Waals surface area contributed by atoms with Gasteiger partial charge in [0.1, 0.15) is 18.1 Å². The van der Waals surface area contributed by atoms with Crippen molar-refractivity contribution in [3.8, 4) is 11.5 Å². The molecule has 0 aromatic heterocycles. The Hall–Kier alpha value is -1.52. The minimum absolute atomic E-state index is 0.139. The summed E-state index contributed by atoms with van der Waals surface area (Å²) >= 11 is 2.16. The van der Waals surface area contributed by atoms with Gasteiger partial charge in [-0.1, -0.05) is 6.07 Å². The summed E-state index contributed by atoms with van der Waals surface area (Å²) in [6.07, 6.45) is 0. The van der Waals surface area contributed by atoms with E-state index in [1.807, 2.05) is 25.1 Å². The normalized spacial score (nSPS) is 11.4. The van der Waals surface area contributed by atoms with Gasteiger partial charge in [0.2, 0.25) is 0 Å². The Morgan fingerprint density at radius 3 is 2.60 bits per heavy atom. The van der Waals surface area contributed by atoms with Crippen LogP contribution in [0, 0.1) is 3.57 Å². The first-order valence-electron chi connectivity index (χ1n) is 7.56. The predicted molar refractivity (Wildman–Crippen MR) is 107 cm³/mol. The molecule has 0 amide bonds. The van der Waals surface area contributed by atoms with Crippen molar-refractivity contribution in [2.75, 3.05) is 39.1 Å². The summed E-state index contributed by atoms with van der Waals surface area (Å²) in [5.74, 6) is 1.13. The van der Waals surface area contributed by atoms with E-state index in [0.29, 0.717) is 23.8 Å². The molecule has 0 saturated heterocycles. The maximum absolute atomic E-state index is 12.6. The Kier molecular flexibility index (Phi) is 6.91. The lowest BCUT2D eigenvalue weighted by Gasteiger charge is -2.14. The first kappa shape index (κ1) is 19.8. The van der Waals surface area contributed by atoms with Gasteiger partial charge in [0.15, 0.2) is 0 Å². The summed E-state index contributed by atoms with van der Waals surface area (Å²) in [7, 11) is 1.72. The number of methoxy groups -OCH3 is 1. The summed E-state index contributed by atoms with van der Waals surface area (Å²) < 4.78 is 39.4. The summed E-state index contributed by atoms with van der Waals surface area (Å²) in [4.78, 5) is 2.16. The number of hydrogen-bond donors (Lipinski definition) is 1. The first-order chi connectivity index (χ1) is 11.8. The molecule has 2 aromatic rings. The van der Waals surface area contributed by atoms with Gasteiger partial charge in [0, 0.05) is 18.7 Å². The van der Waals surface area contributed by atoms with E-state index in [9.17, 15) is 8.42 Å². The van der Waals surface area contributed by atoms with Gasteiger partial charge in [-0.3, -0.25) is 4.72 Å². The average molecular weight is 476 g/mol. The number of halogens is 1. The SMILES string of the molecule is COc1cccc(S(=O)(=O)Nc2ccc(I)c(OCCN(C)C)c2)c1. The molecule has 0 saturated carbocycles. The van der Waals surface area contributed by atoms with Crippen LogP contribution in [-0.2, 0) is 10.0 Å². The van der Waals surface area contributed by atoms with Crippen LogP contribution in [0.2, 0.25) is 0 Å². The number of nitrogens with zero attached hydrogens (tertiary/aromatic N) is 1. The molecule has 0 aliphatic rings. The van der Waals surface area contributed by atoms with E-state index < -0.39 is 10.0 Å². The smallest absolute Gasteiger partial charge is 0.262 e. The number of nitrogens with one attached hydrogen (secondary N) is 1. The van der Waals surface area contributed by atoms with E-state index in [4.69, 9.17) is 9.47 Å². The Morgan fingerprint density at radius 1 is 1.16 bits per heavy atom. The Balaban J connectivity index is 2.18. The van der Waals surface area contributed by atoms with Crippen LogP contribution < -0.4 is 14.2 Å². The van der Waals surface area contributed by atoms with E-state index in [0.717, 1.165) is 10.1 Å². The zero-order valence-corrected chi connectivity index (χ0v) is 17.3. The van der Waals surface area contributed by atoms with Crippen LogP contribution in [0.4, 0.5) is 5.69 Å². The number of anilines is 1. The molecule has 0 heterocycles. The van der Waals surface area contributed by atoms with Crippen molar-refractivity contribution in [3.63, 3.8) is 0 Å². The van der Waals surface area contributed by atoms with Crippen LogP contribution in [-0.4, -0.2) is 47.7 Å². The van der Waals surface area contributed by atoms with Crippen molar-refractivity contribution in [2.45, 2.75) is 4.90 Å². The molecule has 0 aliphatic heterocycles. The fraction of sp³-hybridized carbons (Fsp3) is 0.294. The highest BCUT2D eigenvalue weighted by molar-refractivity contribution is 14.1. The van der Waals surface area contributed by atoms with Gasteiger partial charge in [0.05, 0.1) is 21.3 Å². The molecule has 0 atom stereocenters. The Labute approximate surface area is 162 Å². The van der Waals surface area contributed by atoms with Crippen molar-refractivity contribution in [1.82, 2.24) is 4.90 Å². The zero-order chi connectivity index (χ0) is 18.4. The second-order valence-electron chi connectivity index (χ2n) is 5.58. The molecule has 0 spiro atoms. The molecule has 0 fully saturated rings. The minimum Gasteiger partial charge on any atom is -0.497 e. The van der Waals surface area contributed by atoms with Crippen molar-refractivity contribution in [1.29, 1.82) is 0 Å². The third-order valence-electron chi connectivity index (χ3n) is 3.33. The van der Waals surface area contributed by atoms with Crippen molar-refractivity contribution in [3.05, 3.63) is 46.0 Å². The van der Waals surface area contributed by atoms with Crippen molar-refractivity contribution >= 4 is 38.3 Å². The van der Waals surface area contributed by atoms with E-state index in [-0.39, 0.29) is 4.90 Å². The number of sulfonamides is 1. The first-order valence-corrected chi connectivity index (χ1v) is 10.1. The van der Waals surface area contributed by atoms with Crippen LogP contribution in [0.1, 0.15) is 0 Å². The molecule has 2 rings (SSSR count). The third-order valence-corrected chi connectivity index (χ3v) is 5.60. The maximum Gasteiger partial charge on any atom is 0.262 e. The van der Waals surface area contributed by atoms with Gasteiger partial charge >= 0.3 is 0 Å². The van der Waals surface area contributed by atoms with E-state index in [2.05, 4.69) is 27.3 Å². The lowest BCUT2D eigenvalue weighted by Crippen LogP contribution is -2.19. The molecule has 0 radical (unpaired) electrons. The van der Waals surface area contributed by atoms with Gasteiger partial charge in [-0.25, -0.2) is 8.42 Å². The van der Waals surface area contributed by atoms with Crippen LogP contribution in [0.15, 0.2) is 47.4 Å². The van der Waals surface area contributed by atoms with Crippen molar-refractivity contribution < 1.29 is 17.9 Å². The number of rotatable bonds is 8. The molecular weight excluding hydrogens is 455 g/mol. The zero-order valence-electron chi connectivity index (χ0n) is 14.3. The Bertz CT molecular complexity index is 825. The van der Waals surface area contributed by atoms with Crippen LogP contribution in [0.25, 0.3) is 0 Å². The topological polar surface area (TPSA) is 67.9 Å². The predicted octanol–water partition coefficient (Wildman–Crippen LogP) is 3.04. The van der Waals surface area contributed by atoms with E-state index >= 15 is 0 Å². The highest BCUT2D eigenvalue weighted by Gasteiger charge is 2.16. The van der Waals surface area contributed by atoms with Crippen LogP contribution in [0.3, 0.4) is 0 Å². The molecule has 0 aliphatic carbocycles. The average Bonchev–Trinajstić information content (AvgIpc) is 2.57. The van der Waals surface area contributed by atoms with Gasteiger partial charge in [-0.05, 0) is 61.0 Å². The standard InChI is InChI=1S/C17H21IN2O4S/c1-20(2)9-10-24-17-11-13(7-8-16(17)18)19-25(21,22)15-6-4-5-14(12-15)23-3/h4-8,11-12,19H,9-10H2,1-3H3. The fourth-order valence-corrected chi connectivity index (χ4v) is 3.57. The molecule has 25 heavy (non-hydrogen) atoms. The second-order valence-corrected chi connectivity index (χ2v) is 8.43. The Morgan fingerprint density at radius 2 is 1.92 bits per heavy atom. The third kappa shape index (κ3) is 5.75. The minimum atomic E-state index is -3.71. The second kappa shape index (κ2) is 8.72. The summed E-state index contributed by atoms with van der Waals surface area (Å²) in [6.45, 7) is 1.30. The largest absolute Gasteiger partial charge is 0.497 e. The molecule has 6 nitrogen and oxygen atoms in total. The molecule has 1 N–H and O–H groups in total. The van der Waals surface area contributed by atoms with Crippen LogP contribution >= 0.6 is 22.6 Å². The van der Waals surface area contributed by atoms with Gasteiger partial charge in [0.25, 0.3) is 10.0 Å².